The molecule has 2 heterocycles. The monoisotopic (exact) mass is 364 g/mol. The van der Waals surface area contributed by atoms with Gasteiger partial charge in [0.15, 0.2) is 0 Å². The summed E-state index contributed by atoms with van der Waals surface area (Å²) in [6, 6.07) is 15.6. The molecule has 27 heavy (non-hydrogen) atoms. The van der Waals surface area contributed by atoms with Crippen LogP contribution in [0.25, 0.3) is 21.8 Å². The summed E-state index contributed by atoms with van der Waals surface area (Å²) in [5, 5.41) is 10.7. The Morgan fingerprint density at radius 2 is 1.33 bits per heavy atom. The number of H-pyrrole nitrogens is 2. The second kappa shape index (κ2) is 8.23. The van der Waals surface area contributed by atoms with Crippen LogP contribution in [0.3, 0.4) is 0 Å². The van der Waals surface area contributed by atoms with E-state index in [1.54, 1.807) is 6.20 Å². The molecule has 0 atom stereocenters. The molecule has 0 aliphatic carbocycles. The highest BCUT2D eigenvalue weighted by molar-refractivity contribution is 5.87. The number of nitrogens with one attached hydrogen (secondary N) is 2. The molecule has 0 spiro atoms. The summed E-state index contributed by atoms with van der Waals surface area (Å²) < 4.78 is 4.62. The van der Waals surface area contributed by atoms with Crippen LogP contribution in [-0.2, 0) is 27.2 Å². The summed E-state index contributed by atoms with van der Waals surface area (Å²) in [6.07, 6.45) is 3.99. The number of esters is 1. The lowest BCUT2D eigenvalue weighted by molar-refractivity contribution is -0.140. The van der Waals surface area contributed by atoms with E-state index in [1.807, 2.05) is 54.7 Å². The molecule has 6 heteroatoms. The molecule has 2 aromatic heterocycles. The molecule has 0 amide bonds. The van der Waals surface area contributed by atoms with Gasteiger partial charge in [-0.3, -0.25) is 9.59 Å². The number of rotatable bonds is 4. The number of benzene rings is 2. The number of aromatic nitrogens is 2. The summed E-state index contributed by atoms with van der Waals surface area (Å²) in [4.78, 5) is 27.7. The van der Waals surface area contributed by atoms with Crippen molar-refractivity contribution >= 4 is 33.7 Å². The Morgan fingerprint density at radius 3 is 1.81 bits per heavy atom. The van der Waals surface area contributed by atoms with Crippen LogP contribution in [0.1, 0.15) is 11.1 Å². The van der Waals surface area contributed by atoms with Crippen molar-refractivity contribution in [3.63, 3.8) is 0 Å². The van der Waals surface area contributed by atoms with Gasteiger partial charge in [-0.1, -0.05) is 36.4 Å². The highest BCUT2D eigenvalue weighted by Gasteiger charge is 2.07. The van der Waals surface area contributed by atoms with Crippen molar-refractivity contribution in [3.05, 3.63) is 72.1 Å². The largest absolute Gasteiger partial charge is 0.481 e. The number of carboxylic acids is 1. The Kier molecular flexibility index (Phi) is 5.56. The van der Waals surface area contributed by atoms with Crippen molar-refractivity contribution in [3.8, 4) is 0 Å². The highest BCUT2D eigenvalue weighted by atomic mass is 16.5. The Morgan fingerprint density at radius 1 is 0.852 bits per heavy atom. The molecule has 0 saturated carbocycles. The molecule has 0 aliphatic heterocycles. The van der Waals surface area contributed by atoms with Gasteiger partial charge in [0.25, 0.3) is 0 Å². The molecule has 138 valence electrons. The van der Waals surface area contributed by atoms with Crippen LogP contribution in [0, 0.1) is 0 Å². The van der Waals surface area contributed by atoms with Crippen LogP contribution < -0.4 is 0 Å². The van der Waals surface area contributed by atoms with Gasteiger partial charge in [-0.05, 0) is 23.3 Å². The zero-order valence-electron chi connectivity index (χ0n) is 14.9. The number of methoxy groups -OCH3 is 1. The number of carboxylic acid groups (broad SMARTS) is 1. The van der Waals surface area contributed by atoms with E-state index in [4.69, 9.17) is 5.11 Å². The van der Waals surface area contributed by atoms with Crippen LogP contribution in [-0.4, -0.2) is 34.1 Å². The lowest BCUT2D eigenvalue weighted by Gasteiger charge is -1.97. The first-order valence-electron chi connectivity index (χ1n) is 8.47. The number of aliphatic carboxylic acids is 1. The zero-order valence-corrected chi connectivity index (χ0v) is 14.9. The SMILES string of the molecule is COC(=O)Cc1c[nH]c2ccccc12.O=C(O)Cc1c[nH]c2ccccc12. The number of carbonyl (C=O) groups is 2. The maximum absolute atomic E-state index is 11.1. The van der Waals surface area contributed by atoms with E-state index in [2.05, 4.69) is 14.7 Å². The highest BCUT2D eigenvalue weighted by Crippen LogP contribution is 2.18. The van der Waals surface area contributed by atoms with Crippen LogP contribution in [0.5, 0.6) is 0 Å². The van der Waals surface area contributed by atoms with Crippen molar-refractivity contribution < 1.29 is 19.4 Å². The molecular weight excluding hydrogens is 344 g/mol. The predicted octanol–water partition coefficient (Wildman–Crippen LogP) is 3.68. The van der Waals surface area contributed by atoms with E-state index in [0.29, 0.717) is 6.42 Å². The molecule has 0 fully saturated rings. The van der Waals surface area contributed by atoms with Gasteiger partial charge in [0.05, 0.1) is 20.0 Å². The summed E-state index contributed by atoms with van der Waals surface area (Å²) in [5.41, 5.74) is 3.85. The van der Waals surface area contributed by atoms with Crippen molar-refractivity contribution in [2.45, 2.75) is 12.8 Å². The molecular formula is C21H20N2O4. The van der Waals surface area contributed by atoms with Crippen molar-refractivity contribution in [1.82, 2.24) is 9.97 Å². The molecule has 4 aromatic rings. The van der Waals surface area contributed by atoms with Crippen LogP contribution >= 0.6 is 0 Å². The topological polar surface area (TPSA) is 95.2 Å². The molecule has 2 aromatic carbocycles. The zero-order chi connectivity index (χ0) is 19.2. The van der Waals surface area contributed by atoms with E-state index < -0.39 is 5.97 Å². The van der Waals surface area contributed by atoms with Gasteiger partial charge >= 0.3 is 11.9 Å². The molecule has 0 saturated heterocycles. The number of hydrogen-bond donors (Lipinski definition) is 3. The Hall–Kier alpha value is -3.54. The average Bonchev–Trinajstić information content (AvgIpc) is 3.27. The molecule has 0 bridgehead atoms. The van der Waals surface area contributed by atoms with Crippen LogP contribution in [0.15, 0.2) is 60.9 Å². The number of para-hydroxylation sites is 2. The third-order valence-electron chi connectivity index (χ3n) is 4.25. The van der Waals surface area contributed by atoms with Gasteiger partial charge in [-0.15, -0.1) is 0 Å². The standard InChI is InChI=1S/C11H11NO2.C10H9NO2/c1-14-11(13)6-8-7-12-10-5-3-2-4-9(8)10;12-10(13)5-7-6-11-9-4-2-1-3-8(7)9/h2-5,7,12H,6H2,1H3;1-4,6,11H,5H2,(H,12,13). The third kappa shape index (κ3) is 4.36. The predicted molar refractivity (Wildman–Crippen MR) is 104 cm³/mol. The lowest BCUT2D eigenvalue weighted by atomic mass is 10.1. The first-order valence-corrected chi connectivity index (χ1v) is 8.47. The van der Waals surface area contributed by atoms with Gasteiger partial charge in [0.1, 0.15) is 0 Å². The molecule has 4 rings (SSSR count). The quantitative estimate of drug-likeness (QED) is 0.481. The van der Waals surface area contributed by atoms with Crippen molar-refractivity contribution in [2.24, 2.45) is 0 Å². The average molecular weight is 364 g/mol. The lowest BCUT2D eigenvalue weighted by Crippen LogP contribution is -2.03. The second-order valence-corrected chi connectivity index (χ2v) is 6.04. The number of ether oxygens (including phenoxy) is 1. The normalized spacial score (nSPS) is 10.4. The fraction of sp³-hybridized carbons (Fsp3) is 0.143. The van der Waals surface area contributed by atoms with Crippen LogP contribution in [0.4, 0.5) is 0 Å². The summed E-state index contributed by atoms with van der Waals surface area (Å²) >= 11 is 0. The molecule has 0 aliphatic rings. The minimum atomic E-state index is -0.801. The van der Waals surface area contributed by atoms with Crippen LogP contribution in [0.2, 0.25) is 0 Å². The van der Waals surface area contributed by atoms with Gasteiger partial charge in [0, 0.05) is 34.2 Å². The maximum atomic E-state index is 11.1. The van der Waals surface area contributed by atoms with Crippen molar-refractivity contribution in [2.75, 3.05) is 7.11 Å². The minimum Gasteiger partial charge on any atom is -0.481 e. The first-order chi connectivity index (χ1) is 13.1. The number of hydrogen-bond acceptors (Lipinski definition) is 3. The van der Waals surface area contributed by atoms with E-state index in [1.165, 1.54) is 7.11 Å². The third-order valence-corrected chi connectivity index (χ3v) is 4.25. The number of carbonyl (C=O) groups excluding carboxylic acids is 1. The fourth-order valence-electron chi connectivity index (χ4n) is 2.95. The van der Waals surface area contributed by atoms with Gasteiger partial charge in [-0.2, -0.15) is 0 Å². The minimum absolute atomic E-state index is 0.0734. The Bertz CT molecular complexity index is 1080. The maximum Gasteiger partial charge on any atom is 0.310 e. The Balaban J connectivity index is 0.000000156. The summed E-state index contributed by atoms with van der Waals surface area (Å²) in [5.74, 6) is -1.01. The van der Waals surface area contributed by atoms with E-state index in [-0.39, 0.29) is 12.4 Å². The van der Waals surface area contributed by atoms with Crippen molar-refractivity contribution in [1.29, 1.82) is 0 Å². The van der Waals surface area contributed by atoms with E-state index in [0.717, 1.165) is 32.9 Å². The van der Waals surface area contributed by atoms with E-state index >= 15 is 0 Å². The molecule has 3 N–H and O–H groups in total. The number of aromatic amines is 2. The summed E-state index contributed by atoms with van der Waals surface area (Å²) in [6.45, 7) is 0. The fourth-order valence-corrected chi connectivity index (χ4v) is 2.95. The molecule has 6 nitrogen and oxygen atoms in total. The van der Waals surface area contributed by atoms with Gasteiger partial charge in [0.2, 0.25) is 0 Å². The Labute approximate surface area is 155 Å². The molecule has 0 radical (unpaired) electrons. The van der Waals surface area contributed by atoms with E-state index in [9.17, 15) is 9.59 Å². The smallest absolute Gasteiger partial charge is 0.310 e. The van der Waals surface area contributed by atoms with Gasteiger partial charge in [-0.25, -0.2) is 0 Å². The van der Waals surface area contributed by atoms with Gasteiger partial charge < -0.3 is 19.8 Å². The first kappa shape index (κ1) is 18.3. The molecule has 0 unspecified atom stereocenters. The number of fused-ring (bicyclic) bond motifs is 2. The second-order valence-electron chi connectivity index (χ2n) is 6.04. The summed E-state index contributed by atoms with van der Waals surface area (Å²) in [7, 11) is 1.40.